The monoisotopic (exact) mass is 556 g/mol. The van der Waals surface area contributed by atoms with Gasteiger partial charge in [0.1, 0.15) is 23.5 Å². The maximum Gasteiger partial charge on any atom is 0.228 e. The first-order chi connectivity index (χ1) is 16.0. The molecular formula is C25H22FIN4O2. The number of amides is 1. The molecule has 1 saturated carbocycles. The standard InChI is InChI=1S/C25H22FIN4O2/c1-28-24-19-13-29-22(31-25(32)15-5-6-15)11-18(19)17(12-30-24)4-2-14-3-8-20-16(10-14)7-9-21(33-20)23(26)27/h3,8,10-13,15,21,23H,5-7,9H2,1H3,(H,28,30)(H,29,31,32)/t21-,23+/m0/s1. The number of carbonyl (C=O) groups is 1. The number of hydrogen-bond acceptors (Lipinski definition) is 5. The molecule has 0 bridgehead atoms. The van der Waals surface area contributed by atoms with E-state index in [4.69, 9.17) is 4.74 Å². The number of anilines is 2. The maximum atomic E-state index is 13.6. The van der Waals surface area contributed by atoms with E-state index in [0.29, 0.717) is 18.1 Å². The van der Waals surface area contributed by atoms with Crippen molar-refractivity contribution in [3.63, 3.8) is 0 Å². The third kappa shape index (κ3) is 4.74. The van der Waals surface area contributed by atoms with Crippen LogP contribution in [0.4, 0.5) is 16.0 Å². The molecule has 1 amide bonds. The molecule has 8 heteroatoms. The van der Waals surface area contributed by atoms with Gasteiger partial charge in [-0.05, 0) is 78.1 Å². The summed E-state index contributed by atoms with van der Waals surface area (Å²) in [6.07, 6.45) is 6.31. The SMILES string of the molecule is CNc1ncc(C#Cc2ccc3c(c2)CC[C@@H]([C@H](F)I)O3)c2cc(NC(=O)C3CC3)ncc12. The van der Waals surface area contributed by atoms with Crippen molar-refractivity contribution in [2.24, 2.45) is 5.92 Å². The molecular weight excluding hydrogens is 534 g/mol. The highest BCUT2D eigenvalue weighted by Crippen LogP contribution is 2.32. The highest BCUT2D eigenvalue weighted by Gasteiger charge is 2.30. The largest absolute Gasteiger partial charge is 0.486 e. The molecule has 1 fully saturated rings. The minimum atomic E-state index is -1.02. The molecule has 0 saturated heterocycles. The van der Waals surface area contributed by atoms with Crippen LogP contribution in [0.5, 0.6) is 5.75 Å². The maximum absolute atomic E-state index is 13.6. The molecule has 2 aromatic heterocycles. The topological polar surface area (TPSA) is 76.1 Å². The van der Waals surface area contributed by atoms with Gasteiger partial charge in [-0.25, -0.2) is 14.4 Å². The normalized spacial score (nSPS) is 17.8. The Hall–Kier alpha value is -2.93. The van der Waals surface area contributed by atoms with E-state index in [-0.39, 0.29) is 11.8 Å². The van der Waals surface area contributed by atoms with Crippen LogP contribution < -0.4 is 15.4 Å². The van der Waals surface area contributed by atoms with E-state index >= 15 is 0 Å². The molecule has 2 aliphatic rings. The van der Waals surface area contributed by atoms with Gasteiger partial charge in [0.2, 0.25) is 5.91 Å². The predicted molar refractivity (Wildman–Crippen MR) is 135 cm³/mol. The van der Waals surface area contributed by atoms with Gasteiger partial charge in [-0.2, -0.15) is 0 Å². The third-order valence-electron chi connectivity index (χ3n) is 5.87. The molecule has 0 unspecified atom stereocenters. The number of ether oxygens (including phenoxy) is 1. The Morgan fingerprint density at radius 3 is 2.79 bits per heavy atom. The van der Waals surface area contributed by atoms with Gasteiger partial charge < -0.3 is 15.4 Å². The summed E-state index contributed by atoms with van der Waals surface area (Å²) in [7, 11) is 1.80. The number of aryl methyl sites for hydroxylation is 1. The van der Waals surface area contributed by atoms with Crippen LogP contribution in [0.15, 0.2) is 36.7 Å². The number of carbonyl (C=O) groups excluding carboxylic acids is 1. The summed E-state index contributed by atoms with van der Waals surface area (Å²) < 4.78 is 18.3. The van der Waals surface area contributed by atoms with Crippen LogP contribution in [0.2, 0.25) is 0 Å². The molecule has 5 rings (SSSR count). The first-order valence-electron chi connectivity index (χ1n) is 10.9. The molecule has 1 aliphatic heterocycles. The van der Waals surface area contributed by atoms with E-state index in [2.05, 4.69) is 32.4 Å². The number of aromatic nitrogens is 2. The zero-order chi connectivity index (χ0) is 22.9. The fourth-order valence-electron chi connectivity index (χ4n) is 3.88. The van der Waals surface area contributed by atoms with Gasteiger partial charge in [-0.3, -0.25) is 4.79 Å². The minimum Gasteiger partial charge on any atom is -0.486 e. The van der Waals surface area contributed by atoms with E-state index in [1.165, 1.54) is 0 Å². The number of benzene rings is 1. The zero-order valence-electron chi connectivity index (χ0n) is 18.0. The molecule has 3 aromatic rings. The summed E-state index contributed by atoms with van der Waals surface area (Å²) in [6.45, 7) is 0. The first kappa shape index (κ1) is 21.9. The molecule has 3 heterocycles. The Kier molecular flexibility index (Phi) is 6.06. The lowest BCUT2D eigenvalue weighted by Crippen LogP contribution is -2.28. The molecule has 33 heavy (non-hydrogen) atoms. The molecule has 0 radical (unpaired) electrons. The first-order valence-corrected chi connectivity index (χ1v) is 12.1. The van der Waals surface area contributed by atoms with Crippen molar-refractivity contribution in [1.82, 2.24) is 9.97 Å². The van der Waals surface area contributed by atoms with E-state index < -0.39 is 10.3 Å². The fraction of sp³-hybridized carbons (Fsp3) is 0.320. The molecule has 2 N–H and O–H groups in total. The van der Waals surface area contributed by atoms with Gasteiger partial charge in [0.05, 0.1) is 5.56 Å². The second-order valence-corrected chi connectivity index (χ2v) is 9.44. The lowest BCUT2D eigenvalue weighted by Gasteiger charge is -2.26. The minimum absolute atomic E-state index is 0.0116. The summed E-state index contributed by atoms with van der Waals surface area (Å²) in [6, 6.07) is 7.59. The van der Waals surface area contributed by atoms with E-state index in [1.54, 1.807) is 42.0 Å². The molecule has 6 nitrogen and oxygen atoms in total. The summed E-state index contributed by atoms with van der Waals surface area (Å²) in [5.41, 5.74) is 2.63. The van der Waals surface area contributed by atoms with Crippen molar-refractivity contribution in [2.45, 2.75) is 36.0 Å². The number of pyridine rings is 2. The second-order valence-electron chi connectivity index (χ2n) is 8.25. The Balaban J connectivity index is 1.46. The number of nitrogens with one attached hydrogen (secondary N) is 2. The Labute approximate surface area is 204 Å². The van der Waals surface area contributed by atoms with Gasteiger partial charge in [0, 0.05) is 41.7 Å². The quantitative estimate of drug-likeness (QED) is 0.273. The number of halogens is 2. The van der Waals surface area contributed by atoms with Crippen LogP contribution in [0.1, 0.15) is 36.0 Å². The molecule has 168 valence electrons. The van der Waals surface area contributed by atoms with Crippen molar-refractivity contribution in [1.29, 1.82) is 0 Å². The van der Waals surface area contributed by atoms with Crippen molar-refractivity contribution in [2.75, 3.05) is 17.7 Å². The highest BCUT2D eigenvalue weighted by molar-refractivity contribution is 14.1. The Bertz CT molecular complexity index is 1300. The average Bonchev–Trinajstić information content (AvgIpc) is 3.67. The smallest absolute Gasteiger partial charge is 0.228 e. The lowest BCUT2D eigenvalue weighted by atomic mass is 10.00. The predicted octanol–water partition coefficient (Wildman–Crippen LogP) is 4.84. The van der Waals surface area contributed by atoms with Crippen LogP contribution in [-0.4, -0.2) is 33.2 Å². The number of hydrogen-bond donors (Lipinski definition) is 2. The van der Waals surface area contributed by atoms with Crippen LogP contribution >= 0.6 is 22.6 Å². The average molecular weight is 556 g/mol. The van der Waals surface area contributed by atoms with Crippen LogP contribution in [-0.2, 0) is 11.2 Å². The van der Waals surface area contributed by atoms with Gasteiger partial charge in [0.25, 0.3) is 0 Å². The number of rotatable bonds is 4. The molecule has 0 spiro atoms. The fourth-order valence-corrected chi connectivity index (χ4v) is 4.39. The second kappa shape index (κ2) is 9.14. The summed E-state index contributed by atoms with van der Waals surface area (Å²) in [5.74, 6) is 8.48. The molecule has 2 atom stereocenters. The highest BCUT2D eigenvalue weighted by atomic mass is 127. The lowest BCUT2D eigenvalue weighted by molar-refractivity contribution is -0.117. The Morgan fingerprint density at radius 2 is 2.03 bits per heavy atom. The van der Waals surface area contributed by atoms with Crippen LogP contribution in [0.25, 0.3) is 10.8 Å². The summed E-state index contributed by atoms with van der Waals surface area (Å²) >= 11 is 1.76. The van der Waals surface area contributed by atoms with E-state index in [9.17, 15) is 9.18 Å². The van der Waals surface area contributed by atoms with Gasteiger partial charge in [-0.15, -0.1) is 0 Å². The van der Waals surface area contributed by atoms with Gasteiger partial charge in [-0.1, -0.05) is 11.8 Å². The van der Waals surface area contributed by atoms with Crippen molar-refractivity contribution in [3.05, 3.63) is 53.3 Å². The number of nitrogens with zero attached hydrogens (tertiary/aromatic N) is 2. The number of alkyl halides is 2. The molecule has 1 aliphatic carbocycles. The summed E-state index contributed by atoms with van der Waals surface area (Å²) in [4.78, 5) is 21.0. The van der Waals surface area contributed by atoms with E-state index in [0.717, 1.165) is 52.5 Å². The third-order valence-corrected chi connectivity index (χ3v) is 6.67. The van der Waals surface area contributed by atoms with Gasteiger partial charge in [0.15, 0.2) is 4.18 Å². The van der Waals surface area contributed by atoms with Crippen LogP contribution in [0, 0.1) is 17.8 Å². The van der Waals surface area contributed by atoms with Crippen LogP contribution in [0.3, 0.4) is 0 Å². The molecule has 1 aromatic carbocycles. The van der Waals surface area contributed by atoms with Crippen molar-refractivity contribution >= 4 is 50.9 Å². The van der Waals surface area contributed by atoms with E-state index in [1.807, 2.05) is 24.3 Å². The number of fused-ring (bicyclic) bond motifs is 2. The van der Waals surface area contributed by atoms with Gasteiger partial charge >= 0.3 is 0 Å². The van der Waals surface area contributed by atoms with Crippen molar-refractivity contribution < 1.29 is 13.9 Å². The van der Waals surface area contributed by atoms with Crippen molar-refractivity contribution in [3.8, 4) is 17.6 Å². The Morgan fingerprint density at radius 1 is 1.18 bits per heavy atom. The zero-order valence-corrected chi connectivity index (χ0v) is 20.1. The summed E-state index contributed by atoms with van der Waals surface area (Å²) in [5, 5.41) is 7.67.